The lowest BCUT2D eigenvalue weighted by Crippen LogP contribution is -2.32. The monoisotopic (exact) mass is 278 g/mol. The highest BCUT2D eigenvalue weighted by atomic mass is 16.4. The lowest BCUT2D eigenvalue weighted by Gasteiger charge is -2.31. The summed E-state index contributed by atoms with van der Waals surface area (Å²) in [6, 6.07) is 0. The van der Waals surface area contributed by atoms with Crippen LogP contribution in [-0.2, 0) is 9.59 Å². The van der Waals surface area contributed by atoms with Crippen LogP contribution >= 0.6 is 0 Å². The van der Waals surface area contributed by atoms with Crippen LogP contribution in [0.4, 0.5) is 0 Å². The van der Waals surface area contributed by atoms with E-state index >= 15 is 0 Å². The zero-order valence-corrected chi connectivity index (χ0v) is 13.2. The molecule has 2 saturated carbocycles. The Morgan fingerprint density at radius 3 is 2.40 bits per heavy atom. The molecular weight excluding hydrogens is 252 g/mol. The predicted octanol–water partition coefficient (Wildman–Crippen LogP) is 3.68. The summed E-state index contributed by atoms with van der Waals surface area (Å²) >= 11 is 0. The van der Waals surface area contributed by atoms with Crippen molar-refractivity contribution < 1.29 is 14.7 Å². The minimum atomic E-state index is -0.815. The number of carboxylic acid groups (broad SMARTS) is 1. The van der Waals surface area contributed by atoms with Crippen molar-refractivity contribution in [1.29, 1.82) is 0 Å². The van der Waals surface area contributed by atoms with Crippen molar-refractivity contribution in [3.05, 3.63) is 11.6 Å². The molecule has 0 aromatic heterocycles. The van der Waals surface area contributed by atoms with Gasteiger partial charge < -0.3 is 5.11 Å². The molecule has 2 aliphatic rings. The number of carbonyl (C=O) groups excluding carboxylic acids is 1. The third kappa shape index (κ3) is 2.02. The second kappa shape index (κ2) is 4.71. The Kier molecular flexibility index (Phi) is 3.60. The van der Waals surface area contributed by atoms with Gasteiger partial charge in [0.25, 0.3) is 0 Å². The van der Waals surface area contributed by atoms with Crippen LogP contribution in [0.3, 0.4) is 0 Å². The summed E-state index contributed by atoms with van der Waals surface area (Å²) in [4.78, 5) is 24.1. The molecule has 0 spiro atoms. The Labute approximate surface area is 121 Å². The third-order valence-corrected chi connectivity index (χ3v) is 5.79. The van der Waals surface area contributed by atoms with E-state index in [1.807, 2.05) is 20.8 Å². The molecule has 3 nitrogen and oxygen atoms in total. The number of Topliss-reactive ketones (excluding diaryl/α,β-unsaturated/α-hetero) is 1. The van der Waals surface area contributed by atoms with Crippen LogP contribution in [-0.4, -0.2) is 16.9 Å². The molecule has 0 aliphatic heterocycles. The Morgan fingerprint density at radius 2 is 2.00 bits per heavy atom. The van der Waals surface area contributed by atoms with E-state index in [2.05, 4.69) is 13.8 Å². The van der Waals surface area contributed by atoms with Gasteiger partial charge in [0.1, 0.15) is 0 Å². The summed E-state index contributed by atoms with van der Waals surface area (Å²) < 4.78 is 0. The van der Waals surface area contributed by atoms with Gasteiger partial charge in [-0.15, -0.1) is 0 Å². The van der Waals surface area contributed by atoms with Crippen molar-refractivity contribution in [3.63, 3.8) is 0 Å². The van der Waals surface area contributed by atoms with E-state index in [1.165, 1.54) is 0 Å². The normalized spacial score (nSPS) is 35.0. The number of hydrogen-bond acceptors (Lipinski definition) is 2. The lowest BCUT2D eigenvalue weighted by atomic mass is 9.70. The van der Waals surface area contributed by atoms with E-state index in [1.54, 1.807) is 6.08 Å². The molecule has 0 saturated heterocycles. The van der Waals surface area contributed by atoms with E-state index in [0.717, 1.165) is 18.4 Å². The molecule has 3 atom stereocenters. The Hall–Kier alpha value is -1.12. The smallest absolute Gasteiger partial charge is 0.310 e. The second-order valence-electron chi connectivity index (χ2n) is 7.67. The average Bonchev–Trinajstić information content (AvgIpc) is 2.62. The minimum absolute atomic E-state index is 0.0448. The molecule has 2 rings (SSSR count). The fraction of sp³-hybridized carbons (Fsp3) is 0.765. The van der Waals surface area contributed by atoms with Gasteiger partial charge >= 0.3 is 5.97 Å². The summed E-state index contributed by atoms with van der Waals surface area (Å²) in [7, 11) is 0. The summed E-state index contributed by atoms with van der Waals surface area (Å²) in [5, 5.41) is 9.38. The molecule has 0 aromatic rings. The van der Waals surface area contributed by atoms with Gasteiger partial charge in [-0.1, -0.05) is 40.7 Å². The number of hydrogen-bond donors (Lipinski definition) is 1. The Bertz CT molecular complexity index is 473. The first kappa shape index (κ1) is 15.3. The first-order chi connectivity index (χ1) is 9.11. The van der Waals surface area contributed by atoms with Crippen LogP contribution < -0.4 is 0 Å². The molecule has 0 unspecified atom stereocenters. The van der Waals surface area contributed by atoms with E-state index in [-0.39, 0.29) is 22.5 Å². The average molecular weight is 278 g/mol. The fourth-order valence-corrected chi connectivity index (χ4v) is 4.08. The van der Waals surface area contributed by atoms with Crippen molar-refractivity contribution in [1.82, 2.24) is 0 Å². The molecule has 0 heterocycles. The van der Waals surface area contributed by atoms with E-state index in [9.17, 15) is 14.7 Å². The lowest BCUT2D eigenvalue weighted by molar-refractivity contribution is -0.140. The molecule has 2 aliphatic carbocycles. The van der Waals surface area contributed by atoms with Crippen molar-refractivity contribution in [2.24, 2.45) is 28.6 Å². The van der Waals surface area contributed by atoms with Gasteiger partial charge in [-0.05, 0) is 42.1 Å². The van der Waals surface area contributed by atoms with Crippen molar-refractivity contribution in [3.8, 4) is 0 Å². The molecule has 3 heteroatoms. The molecule has 0 radical (unpaired) electrons. The second-order valence-corrected chi connectivity index (χ2v) is 7.67. The van der Waals surface area contributed by atoms with Crippen LogP contribution in [0.5, 0.6) is 0 Å². The third-order valence-electron chi connectivity index (χ3n) is 5.79. The van der Waals surface area contributed by atoms with Crippen LogP contribution in [0.1, 0.15) is 53.9 Å². The van der Waals surface area contributed by atoms with Gasteiger partial charge in [-0.25, -0.2) is 0 Å². The first-order valence-corrected chi connectivity index (χ1v) is 7.60. The zero-order chi connectivity index (χ0) is 15.3. The Morgan fingerprint density at radius 1 is 1.40 bits per heavy atom. The number of allylic oxidation sites excluding steroid dienone is 1. The fourth-order valence-electron chi connectivity index (χ4n) is 4.08. The van der Waals surface area contributed by atoms with Crippen LogP contribution in [0, 0.1) is 28.6 Å². The molecule has 0 amide bonds. The van der Waals surface area contributed by atoms with Crippen LogP contribution in [0.25, 0.3) is 0 Å². The number of ketones is 1. The maximum Gasteiger partial charge on any atom is 0.310 e. The van der Waals surface area contributed by atoms with Gasteiger partial charge in [-0.3, -0.25) is 9.59 Å². The number of carbonyl (C=O) groups is 2. The number of aliphatic carboxylic acids is 1. The zero-order valence-electron chi connectivity index (χ0n) is 13.2. The van der Waals surface area contributed by atoms with Crippen molar-refractivity contribution in [2.45, 2.75) is 53.9 Å². The number of rotatable bonds is 4. The maximum atomic E-state index is 12.7. The number of fused-ring (bicyclic) bond motifs is 2. The highest BCUT2D eigenvalue weighted by molar-refractivity contribution is 6.05. The van der Waals surface area contributed by atoms with Crippen molar-refractivity contribution >= 4 is 11.8 Å². The molecule has 1 N–H and O–H groups in total. The van der Waals surface area contributed by atoms with Crippen LogP contribution in [0.2, 0.25) is 0 Å². The summed E-state index contributed by atoms with van der Waals surface area (Å²) in [5.74, 6) is -0.620. The highest BCUT2D eigenvalue weighted by Gasteiger charge is 2.63. The summed E-state index contributed by atoms with van der Waals surface area (Å²) in [5.41, 5.74) is 0.443. The van der Waals surface area contributed by atoms with Crippen LogP contribution in [0.15, 0.2) is 11.6 Å². The molecule has 0 aromatic carbocycles. The minimum Gasteiger partial charge on any atom is -0.481 e. The predicted molar refractivity (Wildman–Crippen MR) is 78.3 cm³/mol. The number of carboxylic acids is 1. The SMILES string of the molecule is CC(C)C[C@@H](/C=C1\C(=O)[C@]2(C)CC[C@@H]1C2(C)C)C(=O)O. The first-order valence-electron chi connectivity index (χ1n) is 7.60. The summed E-state index contributed by atoms with van der Waals surface area (Å²) in [6.45, 7) is 10.4. The highest BCUT2D eigenvalue weighted by Crippen LogP contribution is 2.65. The van der Waals surface area contributed by atoms with Crippen molar-refractivity contribution in [2.75, 3.05) is 0 Å². The topological polar surface area (TPSA) is 54.4 Å². The van der Waals surface area contributed by atoms with Gasteiger partial charge in [0.15, 0.2) is 5.78 Å². The molecule has 112 valence electrons. The summed E-state index contributed by atoms with van der Waals surface area (Å²) in [6.07, 6.45) is 4.30. The standard InChI is InChI=1S/C17H26O3/c1-10(2)8-11(15(19)20)9-12-13-6-7-17(5,14(12)18)16(13,3)4/h9-11,13H,6-8H2,1-5H3,(H,19,20)/b12-9-/t11-,13-,17-/m0/s1. The van der Waals surface area contributed by atoms with E-state index in [4.69, 9.17) is 0 Å². The van der Waals surface area contributed by atoms with E-state index in [0.29, 0.717) is 12.3 Å². The van der Waals surface area contributed by atoms with Gasteiger partial charge in [0, 0.05) is 5.41 Å². The maximum absolute atomic E-state index is 12.7. The van der Waals surface area contributed by atoms with Gasteiger partial charge in [-0.2, -0.15) is 0 Å². The molecular formula is C17H26O3. The van der Waals surface area contributed by atoms with Gasteiger partial charge in [0.05, 0.1) is 5.92 Å². The quantitative estimate of drug-likeness (QED) is 0.798. The van der Waals surface area contributed by atoms with Gasteiger partial charge in [0.2, 0.25) is 0 Å². The molecule has 2 fully saturated rings. The largest absolute Gasteiger partial charge is 0.481 e. The molecule has 2 bridgehead atoms. The molecule has 20 heavy (non-hydrogen) atoms. The Balaban J connectivity index is 2.36. The van der Waals surface area contributed by atoms with E-state index < -0.39 is 11.9 Å².